The second kappa shape index (κ2) is 5.43. The molecule has 3 N–H and O–H groups in total. The minimum Gasteiger partial charge on any atom is -0.333 e. The zero-order valence-electron chi connectivity index (χ0n) is 9.26. The molecule has 0 heterocycles. The SMILES string of the molecule is CN.O=S(=O)(O)C1CCCc2ccccc21. The van der Waals surface area contributed by atoms with E-state index in [2.05, 4.69) is 5.73 Å². The second-order valence-electron chi connectivity index (χ2n) is 3.59. The third-order valence-electron chi connectivity index (χ3n) is 2.67. The van der Waals surface area contributed by atoms with Crippen LogP contribution in [0.4, 0.5) is 0 Å². The van der Waals surface area contributed by atoms with E-state index in [0.717, 1.165) is 24.0 Å². The third-order valence-corrected chi connectivity index (χ3v) is 3.88. The first-order chi connectivity index (χ1) is 7.59. The molecule has 0 fully saturated rings. The van der Waals surface area contributed by atoms with Crippen LogP contribution in [0.5, 0.6) is 0 Å². The number of hydrogen-bond acceptors (Lipinski definition) is 3. The molecular weight excluding hydrogens is 226 g/mol. The second-order valence-corrected chi connectivity index (χ2v) is 5.19. The van der Waals surface area contributed by atoms with E-state index in [9.17, 15) is 8.42 Å². The normalized spacial score (nSPS) is 19.3. The lowest BCUT2D eigenvalue weighted by atomic mass is 9.91. The molecule has 0 aliphatic heterocycles. The molecule has 90 valence electrons. The molecule has 0 spiro atoms. The lowest BCUT2D eigenvalue weighted by molar-refractivity contribution is 0.457. The van der Waals surface area contributed by atoms with Crippen molar-refractivity contribution in [2.45, 2.75) is 24.5 Å². The van der Waals surface area contributed by atoms with Gasteiger partial charge in [-0.25, -0.2) is 0 Å². The first-order valence-corrected chi connectivity index (χ1v) is 6.71. The highest BCUT2D eigenvalue weighted by molar-refractivity contribution is 7.86. The van der Waals surface area contributed by atoms with Crippen LogP contribution >= 0.6 is 0 Å². The topological polar surface area (TPSA) is 80.4 Å². The summed E-state index contributed by atoms with van der Waals surface area (Å²) >= 11 is 0. The van der Waals surface area contributed by atoms with Crippen LogP contribution < -0.4 is 5.73 Å². The Morgan fingerprint density at radius 1 is 1.31 bits per heavy atom. The molecule has 16 heavy (non-hydrogen) atoms. The Balaban J connectivity index is 0.000000606. The van der Waals surface area contributed by atoms with Crippen molar-refractivity contribution in [3.63, 3.8) is 0 Å². The van der Waals surface area contributed by atoms with Gasteiger partial charge in [0.1, 0.15) is 5.25 Å². The quantitative estimate of drug-likeness (QED) is 0.733. The summed E-state index contributed by atoms with van der Waals surface area (Å²) in [6.07, 6.45) is 2.25. The van der Waals surface area contributed by atoms with Gasteiger partial charge >= 0.3 is 0 Å². The molecule has 1 aliphatic carbocycles. The molecule has 0 bridgehead atoms. The van der Waals surface area contributed by atoms with Crippen LogP contribution in [-0.2, 0) is 16.5 Å². The number of nitrogens with two attached hydrogens (primary N) is 1. The summed E-state index contributed by atoms with van der Waals surface area (Å²) in [6, 6.07) is 7.41. The average molecular weight is 243 g/mol. The summed E-state index contributed by atoms with van der Waals surface area (Å²) < 4.78 is 31.3. The molecule has 0 saturated carbocycles. The summed E-state index contributed by atoms with van der Waals surface area (Å²) in [5, 5.41) is -0.715. The van der Waals surface area contributed by atoms with Gasteiger partial charge in [-0.3, -0.25) is 4.55 Å². The Labute approximate surface area is 96.2 Å². The van der Waals surface area contributed by atoms with Crippen LogP contribution in [0.3, 0.4) is 0 Å². The highest BCUT2D eigenvalue weighted by Crippen LogP contribution is 2.34. The number of rotatable bonds is 1. The van der Waals surface area contributed by atoms with Gasteiger partial charge in [-0.15, -0.1) is 0 Å². The van der Waals surface area contributed by atoms with Gasteiger partial charge in [-0.05, 0) is 37.4 Å². The molecule has 2 rings (SSSR count). The summed E-state index contributed by atoms with van der Waals surface area (Å²) in [5.74, 6) is 0. The molecule has 4 nitrogen and oxygen atoms in total. The minimum absolute atomic E-state index is 0.524. The predicted molar refractivity (Wildman–Crippen MR) is 63.8 cm³/mol. The van der Waals surface area contributed by atoms with Gasteiger partial charge < -0.3 is 5.73 Å². The van der Waals surface area contributed by atoms with Crippen LogP contribution in [0, 0.1) is 0 Å². The molecule has 0 aromatic heterocycles. The summed E-state index contributed by atoms with van der Waals surface area (Å²) in [5.41, 5.74) is 6.31. The maximum atomic E-state index is 11.1. The summed E-state index contributed by atoms with van der Waals surface area (Å²) in [4.78, 5) is 0. The van der Waals surface area contributed by atoms with Crippen molar-refractivity contribution < 1.29 is 13.0 Å². The fourth-order valence-corrected chi connectivity index (χ4v) is 3.03. The average Bonchev–Trinajstić information content (AvgIpc) is 2.30. The molecule has 1 atom stereocenters. The predicted octanol–water partition coefficient (Wildman–Crippen LogP) is 1.53. The maximum Gasteiger partial charge on any atom is 0.271 e. The fourth-order valence-electron chi connectivity index (χ4n) is 2.02. The van der Waals surface area contributed by atoms with Gasteiger partial charge in [0, 0.05) is 0 Å². The van der Waals surface area contributed by atoms with E-state index in [1.165, 1.54) is 7.05 Å². The smallest absolute Gasteiger partial charge is 0.271 e. The van der Waals surface area contributed by atoms with Crippen LogP contribution in [0.25, 0.3) is 0 Å². The first-order valence-electron chi connectivity index (χ1n) is 5.21. The number of benzene rings is 1. The molecule has 0 amide bonds. The van der Waals surface area contributed by atoms with Crippen molar-refractivity contribution in [1.29, 1.82) is 0 Å². The van der Waals surface area contributed by atoms with Crippen molar-refractivity contribution in [1.82, 2.24) is 0 Å². The Kier molecular flexibility index (Phi) is 4.46. The number of hydrogen-bond donors (Lipinski definition) is 2. The van der Waals surface area contributed by atoms with E-state index in [4.69, 9.17) is 4.55 Å². The molecule has 0 radical (unpaired) electrons. The van der Waals surface area contributed by atoms with Crippen LogP contribution in [0.1, 0.15) is 29.2 Å². The zero-order valence-corrected chi connectivity index (χ0v) is 10.1. The van der Waals surface area contributed by atoms with Crippen molar-refractivity contribution in [3.8, 4) is 0 Å². The largest absolute Gasteiger partial charge is 0.333 e. The van der Waals surface area contributed by atoms with Gasteiger partial charge in [0.15, 0.2) is 0 Å². The molecule has 1 aromatic carbocycles. The van der Waals surface area contributed by atoms with Crippen molar-refractivity contribution in [2.75, 3.05) is 7.05 Å². The van der Waals surface area contributed by atoms with Gasteiger partial charge in [-0.1, -0.05) is 24.3 Å². The fraction of sp³-hybridized carbons (Fsp3) is 0.455. The molecular formula is C11H17NO3S. The number of aryl methyl sites for hydroxylation is 1. The van der Waals surface area contributed by atoms with Crippen molar-refractivity contribution >= 4 is 10.1 Å². The van der Waals surface area contributed by atoms with Gasteiger partial charge in [0.25, 0.3) is 10.1 Å². The van der Waals surface area contributed by atoms with E-state index in [0.29, 0.717) is 6.42 Å². The Hall–Kier alpha value is -0.910. The van der Waals surface area contributed by atoms with Crippen molar-refractivity contribution in [3.05, 3.63) is 35.4 Å². The van der Waals surface area contributed by atoms with E-state index in [-0.39, 0.29) is 0 Å². The van der Waals surface area contributed by atoms with E-state index < -0.39 is 15.4 Å². The Bertz CT molecular complexity index is 442. The Morgan fingerprint density at radius 3 is 2.56 bits per heavy atom. The monoisotopic (exact) mass is 243 g/mol. The molecule has 0 saturated heterocycles. The zero-order chi connectivity index (χ0) is 12.2. The molecule has 1 unspecified atom stereocenters. The van der Waals surface area contributed by atoms with Gasteiger partial charge in [0.05, 0.1) is 0 Å². The lowest BCUT2D eigenvalue weighted by Crippen LogP contribution is -2.17. The van der Waals surface area contributed by atoms with E-state index in [1.54, 1.807) is 6.07 Å². The minimum atomic E-state index is -3.94. The maximum absolute atomic E-state index is 11.1. The van der Waals surface area contributed by atoms with Crippen molar-refractivity contribution in [2.24, 2.45) is 5.73 Å². The third kappa shape index (κ3) is 2.81. The standard InChI is InChI=1S/C10H12O3S.CH5N/c11-14(12,13)10-7-3-5-8-4-1-2-6-9(8)10;1-2/h1-2,4,6,10H,3,5,7H2,(H,11,12,13);2H2,1H3. The molecule has 1 aromatic rings. The lowest BCUT2D eigenvalue weighted by Gasteiger charge is -2.22. The summed E-state index contributed by atoms with van der Waals surface area (Å²) in [6.45, 7) is 0. The van der Waals surface area contributed by atoms with Crippen LogP contribution in [0.2, 0.25) is 0 Å². The number of fused-ring (bicyclic) bond motifs is 1. The molecule has 1 aliphatic rings. The Morgan fingerprint density at radius 2 is 1.94 bits per heavy atom. The summed E-state index contributed by atoms with van der Waals surface area (Å²) in [7, 11) is -2.44. The molecule has 5 heteroatoms. The van der Waals surface area contributed by atoms with Crippen LogP contribution in [0.15, 0.2) is 24.3 Å². The highest BCUT2D eigenvalue weighted by Gasteiger charge is 2.29. The van der Waals surface area contributed by atoms with Gasteiger partial charge in [-0.2, -0.15) is 8.42 Å². The van der Waals surface area contributed by atoms with E-state index in [1.807, 2.05) is 18.2 Å². The van der Waals surface area contributed by atoms with Crippen LogP contribution in [-0.4, -0.2) is 20.0 Å². The van der Waals surface area contributed by atoms with Gasteiger partial charge in [0.2, 0.25) is 0 Å². The van der Waals surface area contributed by atoms with E-state index >= 15 is 0 Å². The first kappa shape index (κ1) is 13.2. The highest BCUT2D eigenvalue weighted by atomic mass is 32.2.